The molecule has 120 valence electrons. The van der Waals surface area contributed by atoms with Crippen molar-refractivity contribution in [3.05, 3.63) is 34.4 Å². The van der Waals surface area contributed by atoms with Gasteiger partial charge in [-0.3, -0.25) is 4.21 Å². The zero-order valence-electron chi connectivity index (χ0n) is 14.5. The van der Waals surface area contributed by atoms with Crippen molar-refractivity contribution in [2.24, 2.45) is 0 Å². The van der Waals surface area contributed by atoms with E-state index in [1.807, 2.05) is 0 Å². The molecule has 3 atom stereocenters. The molecule has 0 bridgehead atoms. The molecule has 1 N–H and O–H groups in total. The van der Waals surface area contributed by atoms with Crippen LogP contribution in [-0.4, -0.2) is 21.8 Å². The third-order valence-corrected chi connectivity index (χ3v) is 5.97. The second-order valence-corrected chi connectivity index (χ2v) is 7.98. The topological polar surface area (TPSA) is 29.1 Å². The summed E-state index contributed by atoms with van der Waals surface area (Å²) < 4.78 is 12.5. The first-order valence-electron chi connectivity index (χ1n) is 8.08. The Kier molecular flexibility index (Phi) is 7.61. The molecule has 0 saturated heterocycles. The zero-order chi connectivity index (χ0) is 16.0. The molecular weight excluding hydrogens is 278 g/mol. The van der Waals surface area contributed by atoms with Crippen molar-refractivity contribution >= 4 is 10.8 Å². The molecule has 0 amide bonds. The van der Waals surface area contributed by atoms with Crippen molar-refractivity contribution in [2.75, 3.05) is 12.3 Å². The van der Waals surface area contributed by atoms with Gasteiger partial charge in [0, 0.05) is 27.8 Å². The van der Waals surface area contributed by atoms with Crippen LogP contribution in [0.2, 0.25) is 0 Å². The predicted octanol–water partition coefficient (Wildman–Crippen LogP) is 4.20. The van der Waals surface area contributed by atoms with E-state index in [9.17, 15) is 4.21 Å². The Hall–Kier alpha value is -0.670. The Morgan fingerprint density at radius 2 is 1.71 bits per heavy atom. The highest BCUT2D eigenvalue weighted by molar-refractivity contribution is 7.85. The monoisotopic (exact) mass is 309 g/mol. The van der Waals surface area contributed by atoms with E-state index in [0.717, 1.165) is 19.4 Å². The molecule has 1 rings (SSSR count). The molecule has 1 aromatic rings. The fourth-order valence-electron chi connectivity index (χ4n) is 2.82. The van der Waals surface area contributed by atoms with E-state index >= 15 is 0 Å². The number of rotatable bonds is 8. The number of aryl methyl sites for hydroxylation is 3. The van der Waals surface area contributed by atoms with Crippen LogP contribution in [0.15, 0.2) is 12.1 Å². The van der Waals surface area contributed by atoms with Crippen LogP contribution >= 0.6 is 0 Å². The van der Waals surface area contributed by atoms with Crippen molar-refractivity contribution in [3.8, 4) is 0 Å². The molecule has 0 aliphatic heterocycles. The first-order chi connectivity index (χ1) is 9.90. The molecule has 0 spiro atoms. The van der Waals surface area contributed by atoms with Gasteiger partial charge >= 0.3 is 0 Å². The lowest BCUT2D eigenvalue weighted by atomic mass is 9.95. The van der Waals surface area contributed by atoms with Crippen molar-refractivity contribution in [2.45, 2.75) is 65.7 Å². The van der Waals surface area contributed by atoms with E-state index in [2.05, 4.69) is 59.0 Å². The Labute approximate surface area is 133 Å². The quantitative estimate of drug-likeness (QED) is 0.780. The standard InChI is InChI=1S/C18H31NOS/c1-7-9-19-17(12-21(20)16(6)8-2)18-14(4)10-13(3)11-15(18)5/h10-11,16-17,19H,7-9,12H2,1-6H3. The van der Waals surface area contributed by atoms with Gasteiger partial charge in [0.15, 0.2) is 0 Å². The molecule has 1 aromatic carbocycles. The third-order valence-electron chi connectivity index (χ3n) is 4.08. The fraction of sp³-hybridized carbons (Fsp3) is 0.667. The van der Waals surface area contributed by atoms with Crippen molar-refractivity contribution in [3.63, 3.8) is 0 Å². The SMILES string of the molecule is CCCNC(CS(=O)C(C)CC)c1c(C)cc(C)cc1C. The van der Waals surface area contributed by atoms with Gasteiger partial charge in [-0.15, -0.1) is 0 Å². The van der Waals surface area contributed by atoms with Crippen LogP contribution in [-0.2, 0) is 10.8 Å². The van der Waals surface area contributed by atoms with Gasteiger partial charge in [0.25, 0.3) is 0 Å². The molecule has 0 aliphatic rings. The maximum atomic E-state index is 12.5. The fourth-order valence-corrected chi connectivity index (χ4v) is 4.13. The maximum absolute atomic E-state index is 12.5. The lowest BCUT2D eigenvalue weighted by molar-refractivity contribution is 0.563. The minimum absolute atomic E-state index is 0.195. The maximum Gasteiger partial charge on any atom is 0.0442 e. The van der Waals surface area contributed by atoms with Crippen molar-refractivity contribution in [1.29, 1.82) is 0 Å². The van der Waals surface area contributed by atoms with Gasteiger partial charge in [-0.2, -0.15) is 0 Å². The summed E-state index contributed by atoms with van der Waals surface area (Å²) in [5.41, 5.74) is 5.25. The van der Waals surface area contributed by atoms with E-state index in [1.54, 1.807) is 0 Å². The number of hydrogen-bond acceptors (Lipinski definition) is 2. The Morgan fingerprint density at radius 3 is 2.19 bits per heavy atom. The van der Waals surface area contributed by atoms with E-state index in [-0.39, 0.29) is 11.3 Å². The summed E-state index contributed by atoms with van der Waals surface area (Å²) in [7, 11) is -0.783. The molecule has 0 radical (unpaired) electrons. The van der Waals surface area contributed by atoms with Gasteiger partial charge in [0.05, 0.1) is 0 Å². The first-order valence-corrected chi connectivity index (χ1v) is 9.47. The molecule has 0 saturated carbocycles. The highest BCUT2D eigenvalue weighted by Gasteiger charge is 2.20. The van der Waals surface area contributed by atoms with E-state index in [0.29, 0.717) is 5.75 Å². The zero-order valence-corrected chi connectivity index (χ0v) is 15.3. The van der Waals surface area contributed by atoms with Crippen LogP contribution in [0.4, 0.5) is 0 Å². The molecule has 0 aliphatic carbocycles. The Bertz CT molecular complexity index is 461. The second kappa shape index (κ2) is 8.70. The minimum atomic E-state index is -0.783. The second-order valence-electron chi connectivity index (χ2n) is 6.09. The number of nitrogens with one attached hydrogen (secondary N) is 1. The van der Waals surface area contributed by atoms with Crippen LogP contribution in [0.3, 0.4) is 0 Å². The first kappa shape index (κ1) is 18.4. The minimum Gasteiger partial charge on any atom is -0.309 e. The largest absolute Gasteiger partial charge is 0.309 e. The molecule has 0 aromatic heterocycles. The highest BCUT2D eigenvalue weighted by Crippen LogP contribution is 2.25. The van der Waals surface area contributed by atoms with E-state index < -0.39 is 10.8 Å². The van der Waals surface area contributed by atoms with Gasteiger partial charge in [-0.1, -0.05) is 38.5 Å². The molecule has 21 heavy (non-hydrogen) atoms. The van der Waals surface area contributed by atoms with Crippen LogP contribution in [0.1, 0.15) is 61.9 Å². The van der Waals surface area contributed by atoms with Gasteiger partial charge < -0.3 is 5.32 Å². The van der Waals surface area contributed by atoms with Crippen LogP contribution in [0, 0.1) is 20.8 Å². The highest BCUT2D eigenvalue weighted by atomic mass is 32.2. The lowest BCUT2D eigenvalue weighted by Gasteiger charge is -2.24. The molecule has 3 heteroatoms. The van der Waals surface area contributed by atoms with Crippen LogP contribution < -0.4 is 5.32 Å². The summed E-state index contributed by atoms with van der Waals surface area (Å²) in [6, 6.07) is 4.66. The summed E-state index contributed by atoms with van der Waals surface area (Å²) in [6.07, 6.45) is 2.06. The lowest BCUT2D eigenvalue weighted by Crippen LogP contribution is -2.30. The average Bonchev–Trinajstić information content (AvgIpc) is 2.42. The van der Waals surface area contributed by atoms with Crippen LogP contribution in [0.5, 0.6) is 0 Å². The normalized spacial score (nSPS) is 15.7. The number of benzene rings is 1. The molecular formula is C18H31NOS. The predicted molar refractivity (Wildman–Crippen MR) is 94.5 cm³/mol. The molecule has 2 nitrogen and oxygen atoms in total. The molecule has 0 fully saturated rings. The van der Waals surface area contributed by atoms with Gasteiger partial charge in [-0.05, 0) is 56.8 Å². The molecule has 3 unspecified atom stereocenters. The Balaban J connectivity index is 3.05. The Morgan fingerprint density at radius 1 is 1.14 bits per heavy atom. The summed E-state index contributed by atoms with van der Waals surface area (Å²) in [5, 5.41) is 3.87. The molecule has 0 heterocycles. The summed E-state index contributed by atoms with van der Waals surface area (Å²) in [4.78, 5) is 0. The smallest absolute Gasteiger partial charge is 0.0442 e. The van der Waals surface area contributed by atoms with Gasteiger partial charge in [-0.25, -0.2) is 0 Å². The average molecular weight is 310 g/mol. The summed E-state index contributed by atoms with van der Waals surface area (Å²) in [6.45, 7) is 13.8. The van der Waals surface area contributed by atoms with E-state index in [1.165, 1.54) is 22.3 Å². The van der Waals surface area contributed by atoms with Crippen molar-refractivity contribution in [1.82, 2.24) is 5.32 Å². The van der Waals surface area contributed by atoms with Gasteiger partial charge in [0.1, 0.15) is 0 Å². The van der Waals surface area contributed by atoms with E-state index in [4.69, 9.17) is 0 Å². The van der Waals surface area contributed by atoms with Crippen molar-refractivity contribution < 1.29 is 4.21 Å². The van der Waals surface area contributed by atoms with Gasteiger partial charge in [0.2, 0.25) is 0 Å². The van der Waals surface area contributed by atoms with Crippen LogP contribution in [0.25, 0.3) is 0 Å². The summed E-state index contributed by atoms with van der Waals surface area (Å²) in [5.74, 6) is 0.708. The third kappa shape index (κ3) is 5.23. The summed E-state index contributed by atoms with van der Waals surface area (Å²) >= 11 is 0. The number of hydrogen-bond donors (Lipinski definition) is 1.